The van der Waals surface area contributed by atoms with Gasteiger partial charge in [-0.25, -0.2) is 4.98 Å². The zero-order chi connectivity index (χ0) is 16.7. The summed E-state index contributed by atoms with van der Waals surface area (Å²) in [5.74, 6) is -0.0393. The van der Waals surface area contributed by atoms with Crippen LogP contribution in [0.4, 0.5) is 0 Å². The standard InChI is InChI=1S/C18H17N5O/c1-11-6-16(22-23(11)2)17(24)15-10-21-18-14(15)7-13(9-20-18)12-4-3-5-19-8-12/h3-5,7-11H,6H2,1-2H3,(H,20,21). The Bertz CT molecular complexity index is 944. The Kier molecular flexibility index (Phi) is 3.37. The molecule has 0 aromatic carbocycles. The fraction of sp³-hybridized carbons (Fsp3) is 0.222. The van der Waals surface area contributed by atoms with Gasteiger partial charge in [0.2, 0.25) is 5.78 Å². The van der Waals surface area contributed by atoms with E-state index >= 15 is 0 Å². The van der Waals surface area contributed by atoms with Crippen molar-refractivity contribution in [1.29, 1.82) is 0 Å². The van der Waals surface area contributed by atoms with E-state index in [1.165, 1.54) is 0 Å². The van der Waals surface area contributed by atoms with E-state index in [4.69, 9.17) is 0 Å². The third-order valence-electron chi connectivity index (χ3n) is 4.44. The first kappa shape index (κ1) is 14.6. The quantitative estimate of drug-likeness (QED) is 0.753. The molecule has 0 fully saturated rings. The molecule has 0 radical (unpaired) electrons. The number of H-pyrrole nitrogens is 1. The number of hydrazone groups is 1. The molecule has 0 amide bonds. The molecule has 0 saturated carbocycles. The van der Waals surface area contributed by atoms with Crippen LogP contribution < -0.4 is 0 Å². The highest BCUT2D eigenvalue weighted by Gasteiger charge is 2.27. The summed E-state index contributed by atoms with van der Waals surface area (Å²) in [5, 5.41) is 7.02. The van der Waals surface area contributed by atoms with Crippen LogP contribution in [0.2, 0.25) is 0 Å². The van der Waals surface area contributed by atoms with Crippen molar-refractivity contribution < 1.29 is 4.79 Å². The van der Waals surface area contributed by atoms with E-state index in [-0.39, 0.29) is 11.8 Å². The molecule has 0 spiro atoms. The van der Waals surface area contributed by atoms with Crippen molar-refractivity contribution in [3.63, 3.8) is 0 Å². The number of hydrogen-bond donors (Lipinski definition) is 1. The Morgan fingerprint density at radius 1 is 1.33 bits per heavy atom. The summed E-state index contributed by atoms with van der Waals surface area (Å²) in [5.41, 5.74) is 3.81. The largest absolute Gasteiger partial charge is 0.345 e. The second-order valence-corrected chi connectivity index (χ2v) is 6.07. The lowest BCUT2D eigenvalue weighted by atomic mass is 10.0. The van der Waals surface area contributed by atoms with Crippen LogP contribution >= 0.6 is 0 Å². The molecule has 120 valence electrons. The molecule has 0 saturated heterocycles. The van der Waals surface area contributed by atoms with Crippen LogP contribution in [0.15, 0.2) is 48.1 Å². The van der Waals surface area contributed by atoms with Gasteiger partial charge in [-0.05, 0) is 19.1 Å². The molecule has 1 unspecified atom stereocenters. The number of nitrogens with zero attached hydrogens (tertiary/aromatic N) is 4. The Labute approximate surface area is 139 Å². The molecular weight excluding hydrogens is 302 g/mol. The molecule has 24 heavy (non-hydrogen) atoms. The van der Waals surface area contributed by atoms with Crippen LogP contribution in [0.1, 0.15) is 23.7 Å². The van der Waals surface area contributed by atoms with Gasteiger partial charge in [0.05, 0.1) is 5.56 Å². The zero-order valence-corrected chi connectivity index (χ0v) is 13.5. The minimum absolute atomic E-state index is 0.0393. The topological polar surface area (TPSA) is 74.2 Å². The van der Waals surface area contributed by atoms with Crippen molar-refractivity contribution in [2.45, 2.75) is 19.4 Å². The molecule has 3 aromatic rings. The minimum atomic E-state index is -0.0393. The van der Waals surface area contributed by atoms with Gasteiger partial charge in [-0.2, -0.15) is 5.10 Å². The van der Waals surface area contributed by atoms with Crippen LogP contribution in [0.25, 0.3) is 22.2 Å². The number of fused-ring (bicyclic) bond motifs is 1. The zero-order valence-electron chi connectivity index (χ0n) is 13.5. The van der Waals surface area contributed by atoms with Crippen LogP contribution in [0, 0.1) is 0 Å². The van der Waals surface area contributed by atoms with Gasteiger partial charge in [0.25, 0.3) is 0 Å². The molecular formula is C18H17N5O. The first-order chi connectivity index (χ1) is 11.6. The third-order valence-corrected chi connectivity index (χ3v) is 4.44. The molecule has 1 aliphatic heterocycles. The molecule has 1 N–H and O–H groups in total. The second kappa shape index (κ2) is 5.56. The highest BCUT2D eigenvalue weighted by molar-refractivity contribution is 6.48. The van der Waals surface area contributed by atoms with Crippen molar-refractivity contribution in [2.24, 2.45) is 5.10 Å². The Morgan fingerprint density at radius 3 is 2.92 bits per heavy atom. The number of Topliss-reactive ketones (excluding diaryl/α,β-unsaturated/α-hetero) is 1. The summed E-state index contributed by atoms with van der Waals surface area (Å²) in [6, 6.07) is 6.08. The van der Waals surface area contributed by atoms with Gasteiger partial charge < -0.3 is 4.98 Å². The second-order valence-electron chi connectivity index (χ2n) is 6.07. The smallest absolute Gasteiger partial charge is 0.211 e. The number of ketones is 1. The summed E-state index contributed by atoms with van der Waals surface area (Å²) < 4.78 is 0. The third kappa shape index (κ3) is 2.36. The summed E-state index contributed by atoms with van der Waals surface area (Å²) in [7, 11) is 1.89. The lowest BCUT2D eigenvalue weighted by Gasteiger charge is -2.11. The van der Waals surface area contributed by atoms with Gasteiger partial charge in [0.15, 0.2) is 0 Å². The minimum Gasteiger partial charge on any atom is -0.345 e. The van der Waals surface area contributed by atoms with Gasteiger partial charge in [-0.3, -0.25) is 14.8 Å². The molecule has 4 rings (SSSR count). The molecule has 4 heterocycles. The lowest BCUT2D eigenvalue weighted by molar-refractivity contribution is 0.106. The Morgan fingerprint density at radius 2 is 2.21 bits per heavy atom. The molecule has 6 heteroatoms. The van der Waals surface area contributed by atoms with E-state index in [0.717, 1.165) is 16.5 Å². The van der Waals surface area contributed by atoms with Crippen LogP contribution in [0.5, 0.6) is 0 Å². The van der Waals surface area contributed by atoms with Crippen LogP contribution in [-0.2, 0) is 0 Å². The number of carbonyl (C=O) groups is 1. The molecule has 3 aromatic heterocycles. The highest BCUT2D eigenvalue weighted by Crippen LogP contribution is 2.26. The first-order valence-corrected chi connectivity index (χ1v) is 7.86. The first-order valence-electron chi connectivity index (χ1n) is 7.86. The van der Waals surface area contributed by atoms with Gasteiger partial charge in [-0.15, -0.1) is 0 Å². The van der Waals surface area contributed by atoms with Crippen molar-refractivity contribution in [3.05, 3.63) is 48.5 Å². The van der Waals surface area contributed by atoms with Gasteiger partial charge in [0, 0.05) is 60.8 Å². The van der Waals surface area contributed by atoms with E-state index < -0.39 is 0 Å². The maximum Gasteiger partial charge on any atom is 0.211 e. The Hall–Kier alpha value is -3.02. The fourth-order valence-electron chi connectivity index (χ4n) is 2.92. The number of hydrogen-bond acceptors (Lipinski definition) is 5. The van der Waals surface area contributed by atoms with Crippen molar-refractivity contribution in [2.75, 3.05) is 7.05 Å². The molecule has 0 bridgehead atoms. The summed E-state index contributed by atoms with van der Waals surface area (Å²) in [6.07, 6.45) is 7.69. The maximum atomic E-state index is 12.8. The number of aromatic amines is 1. The number of pyridine rings is 2. The predicted molar refractivity (Wildman–Crippen MR) is 92.9 cm³/mol. The number of aromatic nitrogens is 3. The number of carbonyl (C=O) groups excluding carboxylic acids is 1. The maximum absolute atomic E-state index is 12.8. The monoisotopic (exact) mass is 319 g/mol. The molecule has 1 atom stereocenters. The lowest BCUT2D eigenvalue weighted by Crippen LogP contribution is -2.18. The highest BCUT2D eigenvalue weighted by atomic mass is 16.1. The van der Waals surface area contributed by atoms with E-state index in [9.17, 15) is 4.79 Å². The average Bonchev–Trinajstić information content (AvgIpc) is 3.18. The fourth-order valence-corrected chi connectivity index (χ4v) is 2.92. The summed E-state index contributed by atoms with van der Waals surface area (Å²) >= 11 is 0. The van der Waals surface area contributed by atoms with E-state index in [0.29, 0.717) is 23.3 Å². The van der Waals surface area contributed by atoms with Gasteiger partial charge in [0.1, 0.15) is 11.4 Å². The summed E-state index contributed by atoms with van der Waals surface area (Å²) in [4.78, 5) is 24.5. The molecule has 6 nitrogen and oxygen atoms in total. The average molecular weight is 319 g/mol. The van der Waals surface area contributed by atoms with Crippen molar-refractivity contribution in [1.82, 2.24) is 20.0 Å². The molecule has 1 aliphatic rings. The number of rotatable bonds is 3. The van der Waals surface area contributed by atoms with Crippen LogP contribution in [-0.4, -0.2) is 44.5 Å². The van der Waals surface area contributed by atoms with E-state index in [1.54, 1.807) is 24.8 Å². The van der Waals surface area contributed by atoms with Gasteiger partial charge >= 0.3 is 0 Å². The number of nitrogens with one attached hydrogen (secondary N) is 1. The normalized spacial score (nSPS) is 17.3. The summed E-state index contributed by atoms with van der Waals surface area (Å²) in [6.45, 7) is 2.06. The van der Waals surface area contributed by atoms with E-state index in [2.05, 4.69) is 27.0 Å². The van der Waals surface area contributed by atoms with Crippen molar-refractivity contribution >= 4 is 22.5 Å². The predicted octanol–water partition coefficient (Wildman–Crippen LogP) is 2.89. The molecule has 0 aliphatic carbocycles. The van der Waals surface area contributed by atoms with Crippen LogP contribution in [0.3, 0.4) is 0 Å². The van der Waals surface area contributed by atoms with Crippen molar-refractivity contribution in [3.8, 4) is 11.1 Å². The van der Waals surface area contributed by atoms with E-state index in [1.807, 2.05) is 30.3 Å². The van der Waals surface area contributed by atoms with Gasteiger partial charge in [-0.1, -0.05) is 6.07 Å². The Balaban J connectivity index is 1.77. The SMILES string of the molecule is CC1CC(C(=O)c2c[nH]c3ncc(-c4cccnc4)cc23)=NN1C.